The fourth-order valence-corrected chi connectivity index (χ4v) is 1.41. The lowest BCUT2D eigenvalue weighted by Gasteiger charge is -2.05. The molecule has 0 bridgehead atoms. The summed E-state index contributed by atoms with van der Waals surface area (Å²) in [5.41, 5.74) is 2.97. The summed E-state index contributed by atoms with van der Waals surface area (Å²) in [6.07, 6.45) is 0.281. The molecule has 0 saturated heterocycles. The van der Waals surface area contributed by atoms with Crippen LogP contribution in [0.15, 0.2) is 29.4 Å². The summed E-state index contributed by atoms with van der Waals surface area (Å²) < 4.78 is 0. The second-order valence-corrected chi connectivity index (χ2v) is 4.27. The van der Waals surface area contributed by atoms with Gasteiger partial charge in [-0.05, 0) is 13.0 Å². The summed E-state index contributed by atoms with van der Waals surface area (Å²) in [6.45, 7) is 3.29. The monoisotopic (exact) mass is 292 g/mol. The minimum atomic E-state index is -0.539. The van der Waals surface area contributed by atoms with Crippen molar-refractivity contribution in [3.63, 3.8) is 0 Å². The lowest BCUT2D eigenvalue weighted by molar-refractivity contribution is -0.384. The van der Waals surface area contributed by atoms with E-state index in [0.717, 1.165) is 0 Å². The van der Waals surface area contributed by atoms with Crippen LogP contribution in [0.3, 0.4) is 0 Å². The van der Waals surface area contributed by atoms with Gasteiger partial charge in [-0.3, -0.25) is 19.7 Å². The van der Waals surface area contributed by atoms with Gasteiger partial charge >= 0.3 is 0 Å². The van der Waals surface area contributed by atoms with Gasteiger partial charge in [0.25, 0.3) is 5.69 Å². The van der Waals surface area contributed by atoms with Crippen LogP contribution in [-0.4, -0.2) is 22.4 Å². The van der Waals surface area contributed by atoms with Crippen LogP contribution in [0.5, 0.6) is 0 Å². The third-order valence-electron chi connectivity index (χ3n) is 2.45. The summed E-state index contributed by atoms with van der Waals surface area (Å²) in [4.78, 5) is 32.8. The van der Waals surface area contributed by atoms with E-state index >= 15 is 0 Å². The van der Waals surface area contributed by atoms with E-state index in [1.165, 1.54) is 18.2 Å². The van der Waals surface area contributed by atoms with Gasteiger partial charge in [0.1, 0.15) is 0 Å². The summed E-state index contributed by atoms with van der Waals surface area (Å²) in [7, 11) is 0. The van der Waals surface area contributed by atoms with Crippen LogP contribution in [-0.2, 0) is 9.59 Å². The van der Waals surface area contributed by atoms with E-state index in [9.17, 15) is 19.7 Å². The lowest BCUT2D eigenvalue weighted by atomic mass is 10.2. The number of hydrogen-bond donors (Lipinski definition) is 2. The number of rotatable bonds is 6. The van der Waals surface area contributed by atoms with Crippen molar-refractivity contribution in [1.82, 2.24) is 5.43 Å². The molecule has 1 aromatic rings. The van der Waals surface area contributed by atoms with Gasteiger partial charge in [0, 0.05) is 30.0 Å². The zero-order valence-electron chi connectivity index (χ0n) is 11.8. The Labute approximate surface area is 121 Å². The fourth-order valence-electron chi connectivity index (χ4n) is 1.41. The van der Waals surface area contributed by atoms with Gasteiger partial charge in [0.05, 0.1) is 11.3 Å². The molecule has 0 aromatic heterocycles. The lowest BCUT2D eigenvalue weighted by Crippen LogP contribution is -2.20. The molecule has 8 heteroatoms. The standard InChI is InChI=1S/C13H16N4O4/c1-3-12(18)16-15-9(2)7-13(19)14-10-5-4-6-11(8-10)17(20)21/h4-6,8H,3,7H2,1-2H3,(H,14,19)(H,16,18)/b15-9+. The molecular formula is C13H16N4O4. The summed E-state index contributed by atoms with van der Waals surface area (Å²) in [5.74, 6) is -0.615. The Bertz CT molecular complexity index is 583. The Morgan fingerprint density at radius 2 is 2.05 bits per heavy atom. The first-order valence-electron chi connectivity index (χ1n) is 6.28. The Balaban J connectivity index is 2.59. The summed E-state index contributed by atoms with van der Waals surface area (Å²) >= 11 is 0. The van der Waals surface area contributed by atoms with Gasteiger partial charge in [-0.1, -0.05) is 13.0 Å². The van der Waals surface area contributed by atoms with Gasteiger partial charge in [-0.2, -0.15) is 5.10 Å². The van der Waals surface area contributed by atoms with Gasteiger partial charge in [0.15, 0.2) is 0 Å². The van der Waals surface area contributed by atoms with Crippen LogP contribution in [0.1, 0.15) is 26.7 Å². The molecule has 0 fully saturated rings. The molecule has 21 heavy (non-hydrogen) atoms. The maximum atomic E-state index is 11.7. The largest absolute Gasteiger partial charge is 0.326 e. The van der Waals surface area contributed by atoms with Crippen molar-refractivity contribution >= 4 is 28.9 Å². The first-order valence-corrected chi connectivity index (χ1v) is 6.28. The van der Waals surface area contributed by atoms with Crippen molar-refractivity contribution in [3.05, 3.63) is 34.4 Å². The van der Waals surface area contributed by atoms with Crippen LogP contribution < -0.4 is 10.7 Å². The highest BCUT2D eigenvalue weighted by molar-refractivity contribution is 6.05. The number of carbonyl (C=O) groups excluding carboxylic acids is 2. The van der Waals surface area contributed by atoms with Crippen molar-refractivity contribution in [2.45, 2.75) is 26.7 Å². The summed E-state index contributed by atoms with van der Waals surface area (Å²) in [6, 6.07) is 5.64. The number of carbonyl (C=O) groups is 2. The van der Waals surface area contributed by atoms with Crippen LogP contribution in [0.2, 0.25) is 0 Å². The molecule has 0 aliphatic rings. The number of benzene rings is 1. The molecule has 0 spiro atoms. The molecule has 0 unspecified atom stereocenters. The smallest absolute Gasteiger partial charge is 0.271 e. The number of nitro groups is 1. The molecule has 0 radical (unpaired) electrons. The van der Waals surface area contributed by atoms with Crippen molar-refractivity contribution in [2.24, 2.45) is 5.10 Å². The predicted octanol–water partition coefficient (Wildman–Crippen LogP) is 1.83. The predicted molar refractivity (Wildman–Crippen MR) is 77.9 cm³/mol. The second kappa shape index (κ2) is 7.73. The first kappa shape index (κ1) is 16.3. The highest BCUT2D eigenvalue weighted by Gasteiger charge is 2.09. The van der Waals surface area contributed by atoms with Gasteiger partial charge in [-0.15, -0.1) is 0 Å². The van der Waals surface area contributed by atoms with E-state index < -0.39 is 4.92 Å². The number of anilines is 1. The Morgan fingerprint density at radius 3 is 2.67 bits per heavy atom. The molecule has 0 saturated carbocycles. The third-order valence-corrected chi connectivity index (χ3v) is 2.45. The van der Waals surface area contributed by atoms with Gasteiger partial charge in [-0.25, -0.2) is 5.43 Å². The van der Waals surface area contributed by atoms with E-state index in [4.69, 9.17) is 0 Å². The van der Waals surface area contributed by atoms with Crippen molar-refractivity contribution in [1.29, 1.82) is 0 Å². The molecule has 0 heterocycles. The molecule has 112 valence electrons. The van der Waals surface area contributed by atoms with E-state index in [1.54, 1.807) is 19.9 Å². The third kappa shape index (κ3) is 5.81. The number of nitro benzene ring substituents is 1. The highest BCUT2D eigenvalue weighted by atomic mass is 16.6. The zero-order valence-corrected chi connectivity index (χ0v) is 11.8. The maximum Gasteiger partial charge on any atom is 0.271 e. The van der Waals surface area contributed by atoms with Crippen LogP contribution >= 0.6 is 0 Å². The molecule has 8 nitrogen and oxygen atoms in total. The Morgan fingerprint density at radius 1 is 1.33 bits per heavy atom. The number of hydrazone groups is 1. The number of amides is 2. The Hall–Kier alpha value is -2.77. The SMILES string of the molecule is CCC(=O)N/N=C(\C)CC(=O)Nc1cccc([N+](=O)[O-])c1. The minimum Gasteiger partial charge on any atom is -0.326 e. The molecule has 2 amide bonds. The van der Waals surface area contributed by atoms with Crippen molar-refractivity contribution in [3.8, 4) is 0 Å². The van der Waals surface area contributed by atoms with Gasteiger partial charge in [0.2, 0.25) is 11.8 Å². The average molecular weight is 292 g/mol. The highest BCUT2D eigenvalue weighted by Crippen LogP contribution is 2.17. The van der Waals surface area contributed by atoms with Crippen LogP contribution in [0, 0.1) is 10.1 Å². The second-order valence-electron chi connectivity index (χ2n) is 4.27. The van der Waals surface area contributed by atoms with E-state index in [2.05, 4.69) is 15.8 Å². The average Bonchev–Trinajstić information content (AvgIpc) is 2.44. The topological polar surface area (TPSA) is 114 Å². The zero-order chi connectivity index (χ0) is 15.8. The molecule has 0 aliphatic carbocycles. The molecule has 0 atom stereocenters. The Kier molecular flexibility index (Phi) is 5.99. The van der Waals surface area contributed by atoms with E-state index in [0.29, 0.717) is 17.8 Å². The molecule has 1 rings (SSSR count). The normalized spacial score (nSPS) is 10.9. The van der Waals surface area contributed by atoms with E-state index in [-0.39, 0.29) is 23.9 Å². The summed E-state index contributed by atoms with van der Waals surface area (Å²) in [5, 5.41) is 16.9. The number of hydrogen-bond acceptors (Lipinski definition) is 5. The number of nitrogens with one attached hydrogen (secondary N) is 2. The first-order chi connectivity index (χ1) is 9.92. The van der Waals surface area contributed by atoms with Crippen LogP contribution in [0.25, 0.3) is 0 Å². The molecule has 1 aromatic carbocycles. The van der Waals surface area contributed by atoms with Crippen molar-refractivity contribution < 1.29 is 14.5 Å². The minimum absolute atomic E-state index is 0.0211. The number of nitrogens with zero attached hydrogens (tertiary/aromatic N) is 2. The van der Waals surface area contributed by atoms with Crippen molar-refractivity contribution in [2.75, 3.05) is 5.32 Å². The molecule has 0 aliphatic heterocycles. The van der Waals surface area contributed by atoms with E-state index in [1.807, 2.05) is 0 Å². The quantitative estimate of drug-likeness (QED) is 0.473. The number of non-ortho nitro benzene ring substituents is 1. The molecular weight excluding hydrogens is 276 g/mol. The van der Waals surface area contributed by atoms with Gasteiger partial charge < -0.3 is 5.32 Å². The fraction of sp³-hybridized carbons (Fsp3) is 0.308. The molecule has 2 N–H and O–H groups in total. The maximum absolute atomic E-state index is 11.7. The van der Waals surface area contributed by atoms with Crippen LogP contribution in [0.4, 0.5) is 11.4 Å².